The molecular formula is C18H19N7O. The Balaban J connectivity index is 1.48. The number of aromatic nitrogens is 6. The van der Waals surface area contributed by atoms with Crippen LogP contribution in [0.1, 0.15) is 46.8 Å². The summed E-state index contributed by atoms with van der Waals surface area (Å²) in [7, 11) is 0. The Bertz CT molecular complexity index is 971. The molecular weight excluding hydrogens is 330 g/mol. The van der Waals surface area contributed by atoms with E-state index in [-0.39, 0.29) is 17.1 Å². The standard InChI is InChI=1S/C18H19N7O/c1-12-21-15(23-25(12)17-19-11-20-22-17)16(26)24-9-13-5-2-3-6-14(13)18(10-24)7-4-8-18/h2-3,5-6,11H,4,7-10H2,1H3,(H,19,20,22). The van der Waals surface area contributed by atoms with Crippen LogP contribution in [0.5, 0.6) is 0 Å². The lowest BCUT2D eigenvalue weighted by molar-refractivity contribution is 0.0576. The highest BCUT2D eigenvalue weighted by Crippen LogP contribution is 2.48. The lowest BCUT2D eigenvalue weighted by Gasteiger charge is -2.49. The third kappa shape index (κ3) is 2.18. The van der Waals surface area contributed by atoms with Gasteiger partial charge in [-0.1, -0.05) is 30.7 Å². The van der Waals surface area contributed by atoms with E-state index in [0.717, 1.165) is 19.4 Å². The van der Waals surface area contributed by atoms with Crippen LogP contribution in [0.25, 0.3) is 5.95 Å². The second-order valence-electron chi connectivity index (χ2n) is 7.16. The molecule has 5 rings (SSSR count). The van der Waals surface area contributed by atoms with E-state index in [1.807, 2.05) is 11.0 Å². The summed E-state index contributed by atoms with van der Waals surface area (Å²) in [6.07, 6.45) is 4.88. The van der Waals surface area contributed by atoms with Gasteiger partial charge in [-0.3, -0.25) is 4.79 Å². The molecule has 1 N–H and O–H groups in total. The van der Waals surface area contributed by atoms with E-state index in [4.69, 9.17) is 0 Å². The van der Waals surface area contributed by atoms with Gasteiger partial charge in [0.15, 0.2) is 0 Å². The van der Waals surface area contributed by atoms with Crippen molar-refractivity contribution in [2.45, 2.75) is 38.1 Å². The molecule has 1 aliphatic carbocycles. The summed E-state index contributed by atoms with van der Waals surface area (Å²) >= 11 is 0. The minimum atomic E-state index is -0.132. The van der Waals surface area contributed by atoms with Crippen LogP contribution in [0.3, 0.4) is 0 Å². The Morgan fingerprint density at radius 1 is 1.27 bits per heavy atom. The fourth-order valence-electron chi connectivity index (χ4n) is 4.19. The fourth-order valence-corrected chi connectivity index (χ4v) is 4.19. The number of carbonyl (C=O) groups excluding carboxylic acids is 1. The van der Waals surface area contributed by atoms with Crippen molar-refractivity contribution in [2.75, 3.05) is 6.54 Å². The molecule has 1 aliphatic heterocycles. The van der Waals surface area contributed by atoms with Crippen molar-refractivity contribution >= 4 is 5.91 Å². The molecule has 1 saturated carbocycles. The first-order valence-electron chi connectivity index (χ1n) is 8.83. The first-order chi connectivity index (χ1) is 12.7. The SMILES string of the molecule is Cc1nc(C(=O)N2Cc3ccccc3C3(CCC3)C2)nn1-c1ncn[nH]1. The smallest absolute Gasteiger partial charge is 0.293 e. The third-order valence-corrected chi connectivity index (χ3v) is 5.60. The highest BCUT2D eigenvalue weighted by molar-refractivity contribution is 5.90. The Morgan fingerprint density at radius 3 is 2.85 bits per heavy atom. The number of nitrogens with one attached hydrogen (secondary N) is 1. The Morgan fingerprint density at radius 2 is 2.12 bits per heavy atom. The average Bonchev–Trinajstić information content (AvgIpc) is 3.28. The Kier molecular flexibility index (Phi) is 3.22. The number of nitrogens with zero attached hydrogens (tertiary/aromatic N) is 6. The Hall–Kier alpha value is -3.03. The van der Waals surface area contributed by atoms with Gasteiger partial charge in [0, 0.05) is 18.5 Å². The second kappa shape index (κ2) is 5.48. The number of amides is 1. The first kappa shape index (κ1) is 15.2. The summed E-state index contributed by atoms with van der Waals surface area (Å²) in [5.41, 5.74) is 2.75. The molecule has 1 aromatic carbocycles. The summed E-state index contributed by atoms with van der Waals surface area (Å²) in [5.74, 6) is 1.12. The molecule has 0 radical (unpaired) electrons. The molecule has 2 aromatic heterocycles. The van der Waals surface area contributed by atoms with Crippen LogP contribution in [0.4, 0.5) is 0 Å². The van der Waals surface area contributed by atoms with E-state index in [9.17, 15) is 4.79 Å². The van der Waals surface area contributed by atoms with Gasteiger partial charge in [0.25, 0.3) is 5.91 Å². The predicted molar refractivity (Wildman–Crippen MR) is 92.7 cm³/mol. The summed E-state index contributed by atoms with van der Waals surface area (Å²) in [5, 5.41) is 10.9. The predicted octanol–water partition coefficient (Wildman–Crippen LogP) is 1.77. The van der Waals surface area contributed by atoms with Crippen LogP contribution in [-0.4, -0.2) is 47.3 Å². The van der Waals surface area contributed by atoms with Crippen molar-refractivity contribution in [2.24, 2.45) is 0 Å². The van der Waals surface area contributed by atoms with E-state index in [2.05, 4.69) is 43.5 Å². The summed E-state index contributed by atoms with van der Waals surface area (Å²) in [6.45, 7) is 3.14. The van der Waals surface area contributed by atoms with E-state index < -0.39 is 0 Å². The quantitative estimate of drug-likeness (QED) is 0.761. The Labute approximate surface area is 150 Å². The molecule has 132 valence electrons. The van der Waals surface area contributed by atoms with Crippen LogP contribution in [-0.2, 0) is 12.0 Å². The van der Waals surface area contributed by atoms with Gasteiger partial charge in [-0.05, 0) is 30.9 Å². The average molecular weight is 349 g/mol. The number of carbonyl (C=O) groups is 1. The van der Waals surface area contributed by atoms with Crippen LogP contribution in [0, 0.1) is 6.92 Å². The van der Waals surface area contributed by atoms with Crippen LogP contribution < -0.4 is 0 Å². The van der Waals surface area contributed by atoms with E-state index in [1.54, 1.807) is 6.92 Å². The van der Waals surface area contributed by atoms with Crippen molar-refractivity contribution in [3.05, 3.63) is 53.4 Å². The van der Waals surface area contributed by atoms with Crippen molar-refractivity contribution < 1.29 is 4.79 Å². The normalized spacial score (nSPS) is 17.8. The van der Waals surface area contributed by atoms with Crippen molar-refractivity contribution in [3.63, 3.8) is 0 Å². The maximum absolute atomic E-state index is 13.1. The van der Waals surface area contributed by atoms with Crippen LogP contribution in [0.15, 0.2) is 30.6 Å². The number of rotatable bonds is 2. The molecule has 0 saturated heterocycles. The lowest BCUT2D eigenvalue weighted by atomic mass is 9.61. The molecule has 1 spiro atoms. The maximum Gasteiger partial charge on any atom is 0.293 e. The zero-order valence-corrected chi connectivity index (χ0v) is 14.5. The number of H-pyrrole nitrogens is 1. The van der Waals surface area contributed by atoms with Gasteiger partial charge in [-0.25, -0.2) is 10.1 Å². The van der Waals surface area contributed by atoms with Gasteiger partial charge >= 0.3 is 0 Å². The molecule has 0 atom stereocenters. The monoisotopic (exact) mass is 349 g/mol. The topological polar surface area (TPSA) is 92.6 Å². The number of aryl methyl sites for hydroxylation is 1. The molecule has 0 bridgehead atoms. The summed E-state index contributed by atoms with van der Waals surface area (Å²) in [6, 6.07) is 8.48. The number of fused-ring (bicyclic) bond motifs is 2. The second-order valence-corrected chi connectivity index (χ2v) is 7.16. The van der Waals surface area contributed by atoms with Gasteiger partial charge in [0.2, 0.25) is 11.8 Å². The maximum atomic E-state index is 13.1. The highest BCUT2D eigenvalue weighted by atomic mass is 16.2. The zero-order valence-electron chi connectivity index (χ0n) is 14.5. The van der Waals surface area contributed by atoms with Gasteiger partial charge in [0.05, 0.1) is 0 Å². The molecule has 1 amide bonds. The fraction of sp³-hybridized carbons (Fsp3) is 0.389. The summed E-state index contributed by atoms with van der Waals surface area (Å²) in [4.78, 5) is 23.4. The lowest BCUT2D eigenvalue weighted by Crippen LogP contribution is -2.51. The molecule has 26 heavy (non-hydrogen) atoms. The van der Waals surface area contributed by atoms with Gasteiger partial charge in [-0.2, -0.15) is 14.8 Å². The molecule has 8 nitrogen and oxygen atoms in total. The van der Waals surface area contributed by atoms with E-state index >= 15 is 0 Å². The molecule has 2 aliphatic rings. The molecule has 8 heteroatoms. The van der Waals surface area contributed by atoms with Crippen molar-refractivity contribution in [1.82, 2.24) is 34.8 Å². The number of hydrogen-bond donors (Lipinski definition) is 1. The van der Waals surface area contributed by atoms with E-state index in [1.165, 1.54) is 28.6 Å². The number of hydrogen-bond acceptors (Lipinski definition) is 5. The largest absolute Gasteiger partial charge is 0.331 e. The molecule has 3 heterocycles. The van der Waals surface area contributed by atoms with Gasteiger partial charge in [-0.15, -0.1) is 5.10 Å². The minimum Gasteiger partial charge on any atom is -0.331 e. The summed E-state index contributed by atoms with van der Waals surface area (Å²) < 4.78 is 1.51. The molecule has 3 aromatic rings. The van der Waals surface area contributed by atoms with Crippen molar-refractivity contribution in [3.8, 4) is 5.95 Å². The zero-order chi connectivity index (χ0) is 17.7. The number of aromatic amines is 1. The van der Waals surface area contributed by atoms with Gasteiger partial charge in [0.1, 0.15) is 12.2 Å². The minimum absolute atomic E-state index is 0.104. The highest BCUT2D eigenvalue weighted by Gasteiger charge is 2.45. The third-order valence-electron chi connectivity index (χ3n) is 5.60. The van der Waals surface area contributed by atoms with Crippen molar-refractivity contribution in [1.29, 1.82) is 0 Å². The molecule has 0 unspecified atom stereocenters. The van der Waals surface area contributed by atoms with Crippen LogP contribution >= 0.6 is 0 Å². The van der Waals surface area contributed by atoms with E-state index in [0.29, 0.717) is 18.3 Å². The molecule has 1 fully saturated rings. The van der Waals surface area contributed by atoms with Crippen LogP contribution in [0.2, 0.25) is 0 Å². The number of benzene rings is 1. The van der Waals surface area contributed by atoms with Gasteiger partial charge < -0.3 is 4.90 Å². The first-order valence-corrected chi connectivity index (χ1v) is 8.83.